The molecule has 1 nitrogen and oxygen atoms in total. The number of carbonyl (C=O) groups is 1. The smallest absolute Gasteiger partial charge is 0.140 e. The van der Waals surface area contributed by atoms with Crippen molar-refractivity contribution < 1.29 is 4.79 Å². The summed E-state index contributed by atoms with van der Waals surface area (Å²) in [6.45, 7) is 0. The summed E-state index contributed by atoms with van der Waals surface area (Å²) in [6, 6.07) is 8.49. The highest BCUT2D eigenvalue weighted by molar-refractivity contribution is 5.88. The maximum Gasteiger partial charge on any atom is 0.140 e. The number of hydrogen-bond donors (Lipinski definition) is 0. The highest BCUT2D eigenvalue weighted by Gasteiger charge is 2.33. The molecular formula is C14H16O. The Morgan fingerprint density at radius 3 is 2.73 bits per heavy atom. The minimum absolute atomic E-state index is 0.224. The van der Waals surface area contributed by atoms with Gasteiger partial charge in [0.1, 0.15) is 5.78 Å². The summed E-state index contributed by atoms with van der Waals surface area (Å²) in [5, 5.41) is 0. The SMILES string of the molecule is O=C1CCc2ccccc2C1CC1CC1. The zero-order chi connectivity index (χ0) is 10.3. The zero-order valence-electron chi connectivity index (χ0n) is 8.91. The molecule has 1 aromatic rings. The second-order valence-electron chi connectivity index (χ2n) is 4.90. The summed E-state index contributed by atoms with van der Waals surface area (Å²) >= 11 is 0. The van der Waals surface area contributed by atoms with Gasteiger partial charge in [0.15, 0.2) is 0 Å². The molecule has 15 heavy (non-hydrogen) atoms. The lowest BCUT2D eigenvalue weighted by molar-refractivity contribution is -0.121. The largest absolute Gasteiger partial charge is 0.299 e. The Kier molecular flexibility index (Phi) is 2.12. The van der Waals surface area contributed by atoms with Crippen LogP contribution in [-0.2, 0) is 11.2 Å². The average molecular weight is 200 g/mol. The number of aryl methyl sites for hydroxylation is 1. The molecule has 0 aliphatic heterocycles. The van der Waals surface area contributed by atoms with Gasteiger partial charge in [-0.05, 0) is 29.9 Å². The molecule has 0 saturated heterocycles. The van der Waals surface area contributed by atoms with Crippen molar-refractivity contribution in [2.24, 2.45) is 5.92 Å². The van der Waals surface area contributed by atoms with Gasteiger partial charge in [0.2, 0.25) is 0 Å². The minimum Gasteiger partial charge on any atom is -0.299 e. The van der Waals surface area contributed by atoms with Gasteiger partial charge >= 0.3 is 0 Å². The maximum absolute atomic E-state index is 11.9. The van der Waals surface area contributed by atoms with Crippen LogP contribution in [0.4, 0.5) is 0 Å². The molecule has 1 heteroatoms. The molecule has 2 aliphatic rings. The molecule has 0 radical (unpaired) electrons. The molecule has 1 saturated carbocycles. The van der Waals surface area contributed by atoms with Gasteiger partial charge in [0.25, 0.3) is 0 Å². The van der Waals surface area contributed by atoms with Gasteiger partial charge in [0.05, 0.1) is 0 Å². The third-order valence-electron chi connectivity index (χ3n) is 3.73. The van der Waals surface area contributed by atoms with Crippen LogP contribution < -0.4 is 0 Å². The van der Waals surface area contributed by atoms with Crippen molar-refractivity contribution >= 4 is 5.78 Å². The fourth-order valence-corrected chi connectivity index (χ4v) is 2.65. The van der Waals surface area contributed by atoms with Gasteiger partial charge < -0.3 is 0 Å². The van der Waals surface area contributed by atoms with E-state index >= 15 is 0 Å². The van der Waals surface area contributed by atoms with Gasteiger partial charge in [-0.3, -0.25) is 4.79 Å². The summed E-state index contributed by atoms with van der Waals surface area (Å²) < 4.78 is 0. The molecule has 0 bridgehead atoms. The van der Waals surface area contributed by atoms with E-state index in [9.17, 15) is 4.79 Å². The average Bonchev–Trinajstić information content (AvgIpc) is 3.06. The van der Waals surface area contributed by atoms with Gasteiger partial charge in [-0.2, -0.15) is 0 Å². The van der Waals surface area contributed by atoms with Crippen LogP contribution in [0.5, 0.6) is 0 Å². The summed E-state index contributed by atoms with van der Waals surface area (Å²) in [6.07, 6.45) is 5.50. The Balaban J connectivity index is 1.93. The standard InChI is InChI=1S/C14H16O/c15-14-8-7-11-3-1-2-4-12(11)13(14)9-10-5-6-10/h1-4,10,13H,5-9H2. The van der Waals surface area contributed by atoms with E-state index in [1.165, 1.54) is 24.0 Å². The number of rotatable bonds is 2. The molecular weight excluding hydrogens is 184 g/mol. The molecule has 0 aromatic heterocycles. The molecule has 2 aliphatic carbocycles. The van der Waals surface area contributed by atoms with E-state index in [4.69, 9.17) is 0 Å². The first kappa shape index (κ1) is 9.14. The third kappa shape index (κ3) is 1.71. The predicted octanol–water partition coefficient (Wildman–Crippen LogP) is 3.09. The first-order valence-corrected chi connectivity index (χ1v) is 5.95. The van der Waals surface area contributed by atoms with Crippen molar-refractivity contribution in [3.8, 4) is 0 Å². The highest BCUT2D eigenvalue weighted by atomic mass is 16.1. The minimum atomic E-state index is 0.224. The Hall–Kier alpha value is -1.11. The molecule has 0 N–H and O–H groups in total. The number of carbonyl (C=O) groups excluding carboxylic acids is 1. The van der Waals surface area contributed by atoms with E-state index in [1.807, 2.05) is 0 Å². The number of Topliss-reactive ketones (excluding diaryl/α,β-unsaturated/α-hetero) is 1. The van der Waals surface area contributed by atoms with Crippen LogP contribution in [0.3, 0.4) is 0 Å². The Morgan fingerprint density at radius 2 is 1.93 bits per heavy atom. The van der Waals surface area contributed by atoms with E-state index in [-0.39, 0.29) is 5.92 Å². The normalized spacial score (nSPS) is 25.1. The highest BCUT2D eigenvalue weighted by Crippen LogP contribution is 2.41. The van der Waals surface area contributed by atoms with Crippen LogP contribution in [0.15, 0.2) is 24.3 Å². The van der Waals surface area contributed by atoms with Crippen LogP contribution in [0, 0.1) is 5.92 Å². The number of ketones is 1. The fourth-order valence-electron chi connectivity index (χ4n) is 2.65. The van der Waals surface area contributed by atoms with Crippen LogP contribution >= 0.6 is 0 Å². The molecule has 0 spiro atoms. The molecule has 0 amide bonds. The topological polar surface area (TPSA) is 17.1 Å². The predicted molar refractivity (Wildman–Crippen MR) is 59.9 cm³/mol. The van der Waals surface area contributed by atoms with Crippen molar-refractivity contribution in [1.82, 2.24) is 0 Å². The quantitative estimate of drug-likeness (QED) is 0.717. The molecule has 1 atom stereocenters. The monoisotopic (exact) mass is 200 g/mol. The summed E-state index contributed by atoms with van der Waals surface area (Å²) in [5.74, 6) is 1.54. The van der Waals surface area contributed by atoms with Crippen molar-refractivity contribution in [3.05, 3.63) is 35.4 Å². The van der Waals surface area contributed by atoms with Gasteiger partial charge in [-0.15, -0.1) is 0 Å². The van der Waals surface area contributed by atoms with Crippen molar-refractivity contribution in [3.63, 3.8) is 0 Å². The van der Waals surface area contributed by atoms with E-state index in [0.717, 1.165) is 25.2 Å². The second-order valence-corrected chi connectivity index (χ2v) is 4.90. The molecule has 1 fully saturated rings. The van der Waals surface area contributed by atoms with E-state index < -0.39 is 0 Å². The molecule has 1 aromatic carbocycles. The first-order chi connectivity index (χ1) is 7.34. The lowest BCUT2D eigenvalue weighted by Crippen LogP contribution is -2.20. The Morgan fingerprint density at radius 1 is 1.13 bits per heavy atom. The first-order valence-electron chi connectivity index (χ1n) is 5.95. The zero-order valence-corrected chi connectivity index (χ0v) is 8.91. The van der Waals surface area contributed by atoms with Crippen LogP contribution in [0.1, 0.15) is 42.7 Å². The van der Waals surface area contributed by atoms with Crippen molar-refractivity contribution in [2.75, 3.05) is 0 Å². The van der Waals surface area contributed by atoms with Crippen LogP contribution in [0.25, 0.3) is 0 Å². The van der Waals surface area contributed by atoms with Crippen molar-refractivity contribution in [1.29, 1.82) is 0 Å². The third-order valence-corrected chi connectivity index (χ3v) is 3.73. The summed E-state index contributed by atoms with van der Waals surface area (Å²) in [5.41, 5.74) is 2.73. The van der Waals surface area contributed by atoms with Crippen molar-refractivity contribution in [2.45, 2.75) is 38.0 Å². The lowest BCUT2D eigenvalue weighted by atomic mass is 9.79. The molecule has 78 valence electrons. The van der Waals surface area contributed by atoms with Gasteiger partial charge in [0, 0.05) is 12.3 Å². The van der Waals surface area contributed by atoms with Gasteiger partial charge in [-0.1, -0.05) is 37.1 Å². The van der Waals surface area contributed by atoms with E-state index in [0.29, 0.717) is 5.78 Å². The Labute approximate surface area is 90.5 Å². The Bertz CT molecular complexity index is 390. The molecule has 3 rings (SSSR count). The van der Waals surface area contributed by atoms with Crippen LogP contribution in [-0.4, -0.2) is 5.78 Å². The van der Waals surface area contributed by atoms with E-state index in [1.54, 1.807) is 0 Å². The summed E-state index contributed by atoms with van der Waals surface area (Å²) in [4.78, 5) is 11.9. The maximum atomic E-state index is 11.9. The number of benzene rings is 1. The summed E-state index contributed by atoms with van der Waals surface area (Å²) in [7, 11) is 0. The second kappa shape index (κ2) is 3.48. The van der Waals surface area contributed by atoms with Gasteiger partial charge in [-0.25, -0.2) is 0 Å². The number of hydrogen-bond acceptors (Lipinski definition) is 1. The number of fused-ring (bicyclic) bond motifs is 1. The van der Waals surface area contributed by atoms with Crippen LogP contribution in [0.2, 0.25) is 0 Å². The van der Waals surface area contributed by atoms with E-state index in [2.05, 4.69) is 24.3 Å². The molecule has 1 unspecified atom stereocenters. The molecule has 0 heterocycles. The lowest BCUT2D eigenvalue weighted by Gasteiger charge is -2.24. The fraction of sp³-hybridized carbons (Fsp3) is 0.500.